The first-order valence-corrected chi connectivity index (χ1v) is 16.4. The van der Waals surface area contributed by atoms with E-state index in [0.717, 1.165) is 41.6 Å². The van der Waals surface area contributed by atoms with Crippen LogP contribution in [0, 0.1) is 17.8 Å². The van der Waals surface area contributed by atoms with E-state index in [4.69, 9.17) is 19.9 Å². The van der Waals surface area contributed by atoms with Crippen LogP contribution in [0.1, 0.15) is 89.9 Å². The highest BCUT2D eigenvalue weighted by atomic mass is 32.2. The number of nitrogens with one attached hydrogen (secondary N) is 2. The summed E-state index contributed by atoms with van der Waals surface area (Å²) in [6.07, 6.45) is 11.6. The lowest BCUT2D eigenvalue weighted by Gasteiger charge is -2.32. The summed E-state index contributed by atoms with van der Waals surface area (Å²) in [7, 11) is -3.39. The molecular formula is C29H43N7O2S. The van der Waals surface area contributed by atoms with Gasteiger partial charge in [0.2, 0.25) is 10.0 Å². The van der Waals surface area contributed by atoms with Crippen LogP contribution in [0.15, 0.2) is 18.3 Å². The molecule has 9 nitrogen and oxygen atoms in total. The normalized spacial score (nSPS) is 21.3. The van der Waals surface area contributed by atoms with Crippen LogP contribution in [-0.4, -0.2) is 45.2 Å². The minimum atomic E-state index is -3.39. The second-order valence-electron chi connectivity index (χ2n) is 12.2. The molecule has 2 aliphatic rings. The molecule has 5 rings (SSSR count). The van der Waals surface area contributed by atoms with Crippen LogP contribution in [-0.2, 0) is 23.1 Å². The Morgan fingerprint density at radius 2 is 1.79 bits per heavy atom. The molecule has 39 heavy (non-hydrogen) atoms. The molecule has 0 saturated heterocycles. The third kappa shape index (κ3) is 6.60. The second kappa shape index (κ2) is 11.5. The van der Waals surface area contributed by atoms with Crippen molar-refractivity contribution in [3.63, 3.8) is 0 Å². The number of anilines is 1. The van der Waals surface area contributed by atoms with Gasteiger partial charge in [0, 0.05) is 18.8 Å². The lowest BCUT2D eigenvalue weighted by molar-refractivity contribution is 0.267. The van der Waals surface area contributed by atoms with E-state index in [9.17, 15) is 8.42 Å². The number of pyridine rings is 1. The first-order chi connectivity index (χ1) is 18.6. The lowest BCUT2D eigenvalue weighted by atomic mass is 9.80. The molecule has 0 unspecified atom stereocenters. The molecule has 0 radical (unpaired) electrons. The molecule has 0 aliphatic heterocycles. The highest BCUT2D eigenvalue weighted by Crippen LogP contribution is 2.36. The molecule has 2 N–H and O–H groups in total. The first-order valence-electron chi connectivity index (χ1n) is 14.5. The molecule has 212 valence electrons. The van der Waals surface area contributed by atoms with Crippen LogP contribution in [0.25, 0.3) is 22.7 Å². The fourth-order valence-electron chi connectivity index (χ4n) is 5.80. The van der Waals surface area contributed by atoms with Crippen LogP contribution in [0.5, 0.6) is 0 Å². The van der Waals surface area contributed by atoms with Crippen LogP contribution >= 0.6 is 0 Å². The Bertz CT molecular complexity index is 1410. The monoisotopic (exact) mass is 553 g/mol. The predicted octanol–water partition coefficient (Wildman–Crippen LogP) is 5.49. The smallest absolute Gasteiger partial charge is 0.209 e. The minimum absolute atomic E-state index is 0.0189. The van der Waals surface area contributed by atoms with Crippen molar-refractivity contribution in [1.82, 2.24) is 29.2 Å². The van der Waals surface area contributed by atoms with Gasteiger partial charge in [0.1, 0.15) is 17.0 Å². The van der Waals surface area contributed by atoms with E-state index < -0.39 is 10.0 Å². The van der Waals surface area contributed by atoms with Crippen LogP contribution in [0.4, 0.5) is 5.82 Å². The molecule has 2 aliphatic carbocycles. The predicted molar refractivity (Wildman–Crippen MR) is 156 cm³/mol. The molecule has 0 bridgehead atoms. The fraction of sp³-hybridized carbons (Fsp3) is 0.655. The number of nitrogens with zero attached hydrogens (tertiary/aromatic N) is 5. The Balaban J connectivity index is 1.64. The summed E-state index contributed by atoms with van der Waals surface area (Å²) in [6, 6.07) is 4.44. The summed E-state index contributed by atoms with van der Waals surface area (Å²) in [4.78, 5) is 19.4. The van der Waals surface area contributed by atoms with Crippen LogP contribution < -0.4 is 10.0 Å². The number of aromatic nitrogens is 5. The first kappa shape index (κ1) is 28.0. The molecule has 10 heteroatoms. The molecular weight excluding hydrogens is 510 g/mol. The molecule has 3 aromatic rings. The number of hydrogen-bond acceptors (Lipinski definition) is 7. The van der Waals surface area contributed by atoms with E-state index >= 15 is 0 Å². The average Bonchev–Trinajstić information content (AvgIpc) is 3.21. The van der Waals surface area contributed by atoms with Gasteiger partial charge in [-0.15, -0.1) is 0 Å². The van der Waals surface area contributed by atoms with Crippen molar-refractivity contribution < 1.29 is 8.42 Å². The summed E-state index contributed by atoms with van der Waals surface area (Å²) < 4.78 is 28.5. The number of rotatable bonds is 10. The van der Waals surface area contributed by atoms with Crippen molar-refractivity contribution in [3.8, 4) is 11.5 Å². The summed E-state index contributed by atoms with van der Waals surface area (Å²) >= 11 is 0. The van der Waals surface area contributed by atoms with Crippen molar-refractivity contribution in [3.05, 3.63) is 29.7 Å². The summed E-state index contributed by atoms with van der Waals surface area (Å²) in [5.41, 5.74) is 3.51. The van der Waals surface area contributed by atoms with E-state index in [1.165, 1.54) is 50.5 Å². The molecule has 2 saturated carbocycles. The number of sulfonamides is 1. The molecule has 3 aromatic heterocycles. The quantitative estimate of drug-likeness (QED) is 0.341. The Morgan fingerprint density at radius 1 is 1.05 bits per heavy atom. The van der Waals surface area contributed by atoms with Gasteiger partial charge >= 0.3 is 0 Å². The van der Waals surface area contributed by atoms with E-state index in [-0.39, 0.29) is 12.6 Å². The van der Waals surface area contributed by atoms with Crippen molar-refractivity contribution in [2.45, 2.75) is 97.7 Å². The number of imidazole rings is 1. The zero-order chi connectivity index (χ0) is 27.7. The zero-order valence-corrected chi connectivity index (χ0v) is 24.8. The zero-order valence-electron chi connectivity index (χ0n) is 23.9. The Hall–Kier alpha value is -2.59. The highest BCUT2D eigenvalue weighted by Gasteiger charge is 2.28. The standard InChI is InChI=1S/C29H43N7O2S/c1-18(2)23-13-14-30-24(15-23)29-35-28-26(36(29)17-21-11-9-19(3)10-12-21)27(32-20(4)22-7-6-8-22)33-25(34-28)16-31-39(5,37)38/h13-15,18-22,31H,6-12,16-17H2,1-5H3,(H,32,33,34)/t19?,20-,21?/m1/s1. The third-order valence-corrected chi connectivity index (χ3v) is 9.29. The van der Waals surface area contributed by atoms with Gasteiger partial charge in [-0.25, -0.2) is 28.1 Å². The van der Waals surface area contributed by atoms with Gasteiger partial charge in [-0.05, 0) is 74.0 Å². The maximum atomic E-state index is 11.8. The van der Waals surface area contributed by atoms with Gasteiger partial charge in [-0.2, -0.15) is 0 Å². The van der Waals surface area contributed by atoms with Crippen molar-refractivity contribution in [2.24, 2.45) is 17.8 Å². The Kier molecular flexibility index (Phi) is 8.24. The summed E-state index contributed by atoms with van der Waals surface area (Å²) in [5, 5.41) is 3.69. The van der Waals surface area contributed by atoms with Crippen molar-refractivity contribution in [2.75, 3.05) is 11.6 Å². The van der Waals surface area contributed by atoms with Gasteiger partial charge in [-0.3, -0.25) is 4.98 Å². The third-order valence-electron chi connectivity index (χ3n) is 8.62. The maximum Gasteiger partial charge on any atom is 0.209 e. The minimum Gasteiger partial charge on any atom is -0.365 e. The number of fused-ring (bicyclic) bond motifs is 1. The van der Waals surface area contributed by atoms with Crippen LogP contribution in [0.2, 0.25) is 0 Å². The van der Waals surface area contributed by atoms with Crippen molar-refractivity contribution >= 4 is 27.0 Å². The number of hydrogen-bond donors (Lipinski definition) is 2. The van der Waals surface area contributed by atoms with Gasteiger partial charge < -0.3 is 9.88 Å². The lowest BCUT2D eigenvalue weighted by Crippen LogP contribution is -2.32. The van der Waals surface area contributed by atoms with E-state index in [1.807, 2.05) is 6.20 Å². The largest absolute Gasteiger partial charge is 0.365 e. The highest BCUT2D eigenvalue weighted by molar-refractivity contribution is 7.88. The van der Waals surface area contributed by atoms with Crippen molar-refractivity contribution in [1.29, 1.82) is 0 Å². The molecule has 0 aromatic carbocycles. The SMILES string of the molecule is CC1CCC(Cn2c(-c3cc(C(C)C)ccn3)nc3nc(CNS(C)(=O)=O)nc(N[C@H](C)C4CCC4)c32)CC1. The second-order valence-corrected chi connectivity index (χ2v) is 14.0. The molecule has 0 spiro atoms. The van der Waals surface area contributed by atoms with Gasteiger partial charge in [0.15, 0.2) is 17.3 Å². The summed E-state index contributed by atoms with van der Waals surface area (Å²) in [5.74, 6) is 4.24. The Labute approximate surface area is 232 Å². The molecule has 1 atom stereocenters. The summed E-state index contributed by atoms with van der Waals surface area (Å²) in [6.45, 7) is 9.78. The maximum absolute atomic E-state index is 11.8. The van der Waals surface area contributed by atoms with Crippen LogP contribution in [0.3, 0.4) is 0 Å². The topological polar surface area (TPSA) is 115 Å². The van der Waals surface area contributed by atoms with E-state index in [2.05, 4.69) is 54.4 Å². The Morgan fingerprint density at radius 3 is 2.44 bits per heavy atom. The van der Waals surface area contributed by atoms with E-state index in [0.29, 0.717) is 29.2 Å². The van der Waals surface area contributed by atoms with Gasteiger partial charge in [0.05, 0.1) is 12.8 Å². The van der Waals surface area contributed by atoms with E-state index in [1.54, 1.807) is 0 Å². The van der Waals surface area contributed by atoms with Gasteiger partial charge in [-0.1, -0.05) is 40.0 Å². The van der Waals surface area contributed by atoms with Gasteiger partial charge in [0.25, 0.3) is 0 Å². The fourth-order valence-corrected chi connectivity index (χ4v) is 6.19. The molecule has 3 heterocycles. The molecule has 2 fully saturated rings. The molecule has 0 amide bonds. The average molecular weight is 554 g/mol.